The molecule has 0 fully saturated rings. The lowest BCUT2D eigenvalue weighted by atomic mass is 10.1. The Balaban J connectivity index is 1.84. The fourth-order valence-electron chi connectivity index (χ4n) is 2.91. The number of aryl methyl sites for hydroxylation is 1. The normalized spacial score (nSPS) is 10.7. The van der Waals surface area contributed by atoms with E-state index in [4.69, 9.17) is 4.98 Å². The maximum absolute atomic E-state index is 4.70. The summed E-state index contributed by atoms with van der Waals surface area (Å²) in [6.45, 7) is 8.52. The summed E-state index contributed by atoms with van der Waals surface area (Å²) in [4.78, 5) is 7.04. The van der Waals surface area contributed by atoms with Crippen LogP contribution in [-0.2, 0) is 0 Å². The third kappa shape index (κ3) is 3.29. The van der Waals surface area contributed by atoms with Gasteiger partial charge in [-0.1, -0.05) is 18.2 Å². The number of anilines is 3. The van der Waals surface area contributed by atoms with Gasteiger partial charge >= 0.3 is 0 Å². The highest BCUT2D eigenvalue weighted by atomic mass is 15.1. The number of pyridine rings is 1. The van der Waals surface area contributed by atoms with E-state index in [9.17, 15) is 0 Å². The Bertz CT molecular complexity index is 790. The largest absolute Gasteiger partial charge is 0.372 e. The standard InChI is InChI=1S/C20H23N3/c1-4-23(5-2)17-12-10-16(11-13-17)21-20-14-15(3)18-8-6-7-9-19(18)22-20/h6-14H,4-5H2,1-3H3,(H,21,22). The van der Waals surface area contributed by atoms with Gasteiger partial charge in [0, 0.05) is 29.9 Å². The molecule has 0 amide bonds. The average Bonchev–Trinajstić information content (AvgIpc) is 2.57. The third-order valence-electron chi connectivity index (χ3n) is 4.19. The molecule has 23 heavy (non-hydrogen) atoms. The molecule has 3 rings (SSSR count). The molecule has 1 heterocycles. The summed E-state index contributed by atoms with van der Waals surface area (Å²) in [5.41, 5.74) is 4.57. The van der Waals surface area contributed by atoms with Gasteiger partial charge in [-0.2, -0.15) is 0 Å². The number of nitrogens with one attached hydrogen (secondary N) is 1. The predicted octanol–water partition coefficient (Wildman–Crippen LogP) is 5.13. The van der Waals surface area contributed by atoms with Crippen molar-refractivity contribution in [3.05, 3.63) is 60.2 Å². The minimum absolute atomic E-state index is 0.886. The van der Waals surface area contributed by atoms with E-state index < -0.39 is 0 Å². The van der Waals surface area contributed by atoms with Gasteiger partial charge < -0.3 is 10.2 Å². The summed E-state index contributed by atoms with van der Waals surface area (Å²) >= 11 is 0. The monoisotopic (exact) mass is 305 g/mol. The molecule has 118 valence electrons. The Morgan fingerprint density at radius 2 is 1.65 bits per heavy atom. The Morgan fingerprint density at radius 3 is 2.35 bits per heavy atom. The van der Waals surface area contributed by atoms with Crippen LogP contribution in [-0.4, -0.2) is 18.1 Å². The first kappa shape index (κ1) is 15.3. The molecule has 0 atom stereocenters. The van der Waals surface area contributed by atoms with E-state index in [1.807, 2.05) is 6.07 Å². The summed E-state index contributed by atoms with van der Waals surface area (Å²) < 4.78 is 0. The van der Waals surface area contributed by atoms with Crippen molar-refractivity contribution in [2.24, 2.45) is 0 Å². The van der Waals surface area contributed by atoms with Crippen LogP contribution in [0, 0.1) is 6.92 Å². The molecular formula is C20H23N3. The number of para-hydroxylation sites is 1. The van der Waals surface area contributed by atoms with Crippen LogP contribution in [0.2, 0.25) is 0 Å². The SMILES string of the molecule is CCN(CC)c1ccc(Nc2cc(C)c3ccccc3n2)cc1. The van der Waals surface area contributed by atoms with E-state index in [-0.39, 0.29) is 0 Å². The van der Waals surface area contributed by atoms with Gasteiger partial charge in [0.25, 0.3) is 0 Å². The zero-order valence-corrected chi connectivity index (χ0v) is 14.0. The van der Waals surface area contributed by atoms with Crippen LogP contribution in [0.25, 0.3) is 10.9 Å². The van der Waals surface area contributed by atoms with E-state index in [1.165, 1.54) is 16.6 Å². The summed E-state index contributed by atoms with van der Waals surface area (Å²) in [5, 5.41) is 4.61. The highest BCUT2D eigenvalue weighted by Gasteiger charge is 2.04. The molecule has 2 aromatic carbocycles. The van der Waals surface area contributed by atoms with Crippen molar-refractivity contribution in [3.8, 4) is 0 Å². The zero-order chi connectivity index (χ0) is 16.2. The molecule has 0 spiro atoms. The zero-order valence-electron chi connectivity index (χ0n) is 14.0. The highest BCUT2D eigenvalue weighted by molar-refractivity contribution is 5.84. The molecule has 0 aliphatic carbocycles. The molecule has 3 aromatic rings. The molecule has 0 radical (unpaired) electrons. The maximum atomic E-state index is 4.70. The number of aromatic nitrogens is 1. The number of rotatable bonds is 5. The summed E-state index contributed by atoms with van der Waals surface area (Å²) in [6.07, 6.45) is 0. The number of nitrogens with zero attached hydrogens (tertiary/aromatic N) is 2. The third-order valence-corrected chi connectivity index (χ3v) is 4.19. The lowest BCUT2D eigenvalue weighted by molar-refractivity contribution is 0.866. The van der Waals surface area contributed by atoms with E-state index in [1.54, 1.807) is 0 Å². The van der Waals surface area contributed by atoms with Crippen molar-refractivity contribution in [3.63, 3.8) is 0 Å². The second-order valence-electron chi connectivity index (χ2n) is 5.69. The molecule has 3 heteroatoms. The first-order valence-electron chi connectivity index (χ1n) is 8.19. The van der Waals surface area contributed by atoms with Crippen LogP contribution in [0.4, 0.5) is 17.2 Å². The van der Waals surface area contributed by atoms with E-state index in [0.29, 0.717) is 0 Å². The molecule has 0 aliphatic rings. The van der Waals surface area contributed by atoms with Crippen LogP contribution in [0.5, 0.6) is 0 Å². The molecule has 0 saturated heterocycles. The van der Waals surface area contributed by atoms with E-state index in [2.05, 4.69) is 79.5 Å². The van der Waals surface area contributed by atoms with Gasteiger partial charge in [-0.05, 0) is 62.7 Å². The van der Waals surface area contributed by atoms with Crippen molar-refractivity contribution in [2.45, 2.75) is 20.8 Å². The predicted molar refractivity (Wildman–Crippen MR) is 99.8 cm³/mol. The lowest BCUT2D eigenvalue weighted by Gasteiger charge is -2.21. The molecule has 3 nitrogen and oxygen atoms in total. The molecule has 1 aromatic heterocycles. The van der Waals surface area contributed by atoms with E-state index >= 15 is 0 Å². The molecule has 0 saturated carbocycles. The fourth-order valence-corrected chi connectivity index (χ4v) is 2.91. The fraction of sp³-hybridized carbons (Fsp3) is 0.250. The second-order valence-corrected chi connectivity index (χ2v) is 5.69. The van der Waals surface area contributed by atoms with Gasteiger partial charge in [0.05, 0.1) is 5.52 Å². The minimum atomic E-state index is 0.886. The smallest absolute Gasteiger partial charge is 0.131 e. The summed E-state index contributed by atoms with van der Waals surface area (Å²) in [5.74, 6) is 0.886. The molecule has 0 bridgehead atoms. The maximum Gasteiger partial charge on any atom is 0.131 e. The Morgan fingerprint density at radius 1 is 0.957 bits per heavy atom. The van der Waals surface area contributed by atoms with Gasteiger partial charge in [0.15, 0.2) is 0 Å². The average molecular weight is 305 g/mol. The van der Waals surface area contributed by atoms with Crippen LogP contribution in [0.1, 0.15) is 19.4 Å². The van der Waals surface area contributed by atoms with Gasteiger partial charge in [-0.15, -0.1) is 0 Å². The van der Waals surface area contributed by atoms with E-state index in [0.717, 1.165) is 30.1 Å². The quantitative estimate of drug-likeness (QED) is 0.708. The van der Waals surface area contributed by atoms with Crippen molar-refractivity contribution < 1.29 is 0 Å². The topological polar surface area (TPSA) is 28.2 Å². The van der Waals surface area contributed by atoms with Gasteiger partial charge in [-0.25, -0.2) is 4.98 Å². The van der Waals surface area contributed by atoms with Crippen molar-refractivity contribution in [1.29, 1.82) is 0 Å². The number of hydrogen-bond acceptors (Lipinski definition) is 3. The van der Waals surface area contributed by atoms with Gasteiger partial charge in [-0.3, -0.25) is 0 Å². The Labute approximate surface area is 138 Å². The summed E-state index contributed by atoms with van der Waals surface area (Å²) in [7, 11) is 0. The number of hydrogen-bond donors (Lipinski definition) is 1. The molecular weight excluding hydrogens is 282 g/mol. The van der Waals surface area contributed by atoms with Crippen molar-refractivity contribution in [2.75, 3.05) is 23.3 Å². The summed E-state index contributed by atoms with van der Waals surface area (Å²) in [6, 6.07) is 18.9. The van der Waals surface area contributed by atoms with Crippen molar-refractivity contribution >= 4 is 28.1 Å². The first-order valence-corrected chi connectivity index (χ1v) is 8.19. The minimum Gasteiger partial charge on any atom is -0.372 e. The van der Waals surface area contributed by atoms with Crippen LogP contribution in [0.3, 0.4) is 0 Å². The first-order chi connectivity index (χ1) is 11.2. The Hall–Kier alpha value is -2.55. The molecule has 0 aliphatic heterocycles. The second kappa shape index (κ2) is 6.69. The molecule has 1 N–H and O–H groups in total. The lowest BCUT2D eigenvalue weighted by Crippen LogP contribution is -2.21. The van der Waals surface area contributed by atoms with Gasteiger partial charge in [0.2, 0.25) is 0 Å². The Kier molecular flexibility index (Phi) is 4.47. The van der Waals surface area contributed by atoms with Crippen LogP contribution < -0.4 is 10.2 Å². The van der Waals surface area contributed by atoms with Crippen LogP contribution >= 0.6 is 0 Å². The number of fused-ring (bicyclic) bond motifs is 1. The highest BCUT2D eigenvalue weighted by Crippen LogP contribution is 2.24. The molecule has 0 unspecified atom stereocenters. The van der Waals surface area contributed by atoms with Gasteiger partial charge in [0.1, 0.15) is 5.82 Å². The van der Waals surface area contributed by atoms with Crippen LogP contribution in [0.15, 0.2) is 54.6 Å². The van der Waals surface area contributed by atoms with Crippen molar-refractivity contribution in [1.82, 2.24) is 4.98 Å². The number of benzene rings is 2.